The third-order valence-electron chi connectivity index (χ3n) is 14.6. The van der Waals surface area contributed by atoms with Gasteiger partial charge in [0, 0.05) is 68.9 Å². The second-order valence-electron chi connectivity index (χ2n) is 18.1. The number of likely N-dealkylation sites (tertiary alicyclic amines) is 4. The number of amides is 4. The number of carbonyl (C=O) groups excluding carboxylic acids is 4. The molecule has 6 aliphatic rings. The molecule has 2 aliphatic carbocycles. The molecule has 4 amide bonds. The number of fused-ring (bicyclic) bond motifs is 4. The molecule has 0 aromatic heterocycles. The van der Waals surface area contributed by atoms with E-state index in [0.717, 1.165) is 63.2 Å². The minimum atomic E-state index is -0.715. The van der Waals surface area contributed by atoms with Gasteiger partial charge < -0.3 is 9.84 Å². The number of hydrogen-bond donors (Lipinski definition) is 1. The zero-order valence-electron chi connectivity index (χ0n) is 34.6. The Hall–Kier alpha value is -5.58. The molecule has 314 valence electrons. The van der Waals surface area contributed by atoms with E-state index in [2.05, 4.69) is 40.1 Å². The molecule has 61 heavy (non-hydrogen) atoms. The van der Waals surface area contributed by atoms with E-state index in [0.29, 0.717) is 43.6 Å². The van der Waals surface area contributed by atoms with E-state index in [1.165, 1.54) is 11.1 Å². The van der Waals surface area contributed by atoms with Crippen molar-refractivity contribution in [2.24, 2.45) is 29.6 Å². The molecule has 10 rings (SSSR count). The molecular weight excluding hydrogens is 765 g/mol. The Bertz CT molecular complexity index is 2300. The summed E-state index contributed by atoms with van der Waals surface area (Å²) in [5.41, 5.74) is 4.93. The standard InChI is InChI=1S/C51H54N4O6/c56-44-28-38(61-32-35-14-8-3-9-15-35)16-17-40(44)45-39-18-19-41-46(50(59)54(48(41)57)36-20-24-52(25-21-36)30-33-10-4-1-5-11-33)42(39)29-43-47(45)51(60)55(49(43)58)37-22-26-53(27-23-37)31-34-12-6-2-7-13-34/h1-18,28,36-37,41-43,45-47,56H,19-27,29-32H2/t41-,42+,43+,45+,46-,47+/m0/s1. The predicted octanol–water partition coefficient (Wildman–Crippen LogP) is 6.94. The Balaban J connectivity index is 0.917. The van der Waals surface area contributed by atoms with Crippen molar-refractivity contribution in [1.82, 2.24) is 19.6 Å². The van der Waals surface area contributed by atoms with E-state index in [-0.39, 0.29) is 41.5 Å². The summed E-state index contributed by atoms with van der Waals surface area (Å²) in [6.45, 7) is 5.13. The van der Waals surface area contributed by atoms with E-state index in [9.17, 15) is 24.3 Å². The topological polar surface area (TPSA) is 111 Å². The van der Waals surface area contributed by atoms with Gasteiger partial charge in [-0.25, -0.2) is 0 Å². The molecule has 4 saturated heterocycles. The second-order valence-corrected chi connectivity index (χ2v) is 18.1. The van der Waals surface area contributed by atoms with Crippen molar-refractivity contribution in [3.05, 3.63) is 143 Å². The van der Waals surface area contributed by atoms with E-state index in [4.69, 9.17) is 4.74 Å². The molecule has 10 heteroatoms. The number of phenols is 1. The van der Waals surface area contributed by atoms with Crippen LogP contribution in [-0.2, 0) is 38.9 Å². The fourth-order valence-electron chi connectivity index (χ4n) is 11.7. The van der Waals surface area contributed by atoms with Crippen LogP contribution >= 0.6 is 0 Å². The molecule has 4 aromatic carbocycles. The lowest BCUT2D eigenvalue weighted by Crippen LogP contribution is -2.48. The van der Waals surface area contributed by atoms with Crippen molar-refractivity contribution in [3.8, 4) is 11.5 Å². The number of hydrogen-bond acceptors (Lipinski definition) is 8. The SMILES string of the molecule is O=C1[C@H]2[C@H](CC=C3[C@H]2C[C@H]2C(=O)N(C4CCN(Cc5ccccc5)CC4)C(=O)[C@H]2[C@H]3c2ccc(OCc3ccccc3)cc2O)C(=O)N1C1CCN(Cc2ccccc2)CC1. The molecule has 4 aromatic rings. The van der Waals surface area contributed by atoms with E-state index in [1.54, 1.807) is 15.9 Å². The maximum absolute atomic E-state index is 14.9. The first-order chi connectivity index (χ1) is 29.8. The molecule has 0 spiro atoms. The molecule has 0 unspecified atom stereocenters. The first kappa shape index (κ1) is 39.5. The zero-order valence-corrected chi connectivity index (χ0v) is 34.6. The third kappa shape index (κ3) is 7.48. The molecule has 1 N–H and O–H groups in total. The monoisotopic (exact) mass is 818 g/mol. The lowest BCUT2D eigenvalue weighted by molar-refractivity contribution is -0.146. The number of allylic oxidation sites excluding steroid dienone is 2. The van der Waals surface area contributed by atoms with Gasteiger partial charge in [0.2, 0.25) is 23.6 Å². The number of imide groups is 2. The van der Waals surface area contributed by atoms with Gasteiger partial charge in [0.05, 0.1) is 23.7 Å². The van der Waals surface area contributed by atoms with Gasteiger partial charge in [-0.05, 0) is 67.2 Å². The number of nitrogens with zero attached hydrogens (tertiary/aromatic N) is 4. The maximum Gasteiger partial charge on any atom is 0.234 e. The fourth-order valence-corrected chi connectivity index (χ4v) is 11.7. The summed E-state index contributed by atoms with van der Waals surface area (Å²) in [6.07, 6.45) is 5.63. The Morgan fingerprint density at radius 2 is 1.07 bits per heavy atom. The van der Waals surface area contributed by atoms with Crippen LogP contribution in [0.4, 0.5) is 0 Å². The van der Waals surface area contributed by atoms with E-state index in [1.807, 2.05) is 78.9 Å². The zero-order chi connectivity index (χ0) is 41.6. The second kappa shape index (κ2) is 16.7. The van der Waals surface area contributed by atoms with Gasteiger partial charge in [0.25, 0.3) is 0 Å². The van der Waals surface area contributed by atoms with Crippen molar-refractivity contribution >= 4 is 23.6 Å². The predicted molar refractivity (Wildman–Crippen MR) is 230 cm³/mol. The van der Waals surface area contributed by atoms with Crippen LogP contribution in [0.15, 0.2) is 121 Å². The molecule has 4 heterocycles. The highest BCUT2D eigenvalue weighted by molar-refractivity contribution is 6.08. The lowest BCUT2D eigenvalue weighted by atomic mass is 9.57. The summed E-state index contributed by atoms with van der Waals surface area (Å²) in [6, 6.07) is 35.4. The molecule has 10 nitrogen and oxygen atoms in total. The van der Waals surface area contributed by atoms with Crippen molar-refractivity contribution in [2.45, 2.75) is 76.2 Å². The number of ether oxygens (including phenoxy) is 1. The average Bonchev–Trinajstić information content (AvgIpc) is 3.70. The molecule has 0 bridgehead atoms. The Labute approximate surface area is 357 Å². The number of aromatic hydroxyl groups is 1. The van der Waals surface area contributed by atoms with Crippen molar-refractivity contribution in [3.63, 3.8) is 0 Å². The fraction of sp³-hybridized carbons (Fsp3) is 0.412. The molecule has 1 saturated carbocycles. The number of piperidine rings is 2. The van der Waals surface area contributed by atoms with Gasteiger partial charge in [-0.3, -0.25) is 38.8 Å². The summed E-state index contributed by atoms with van der Waals surface area (Å²) in [5.74, 6) is -3.63. The lowest BCUT2D eigenvalue weighted by Gasteiger charge is -2.44. The van der Waals surface area contributed by atoms with Gasteiger partial charge in [-0.15, -0.1) is 0 Å². The number of benzene rings is 4. The van der Waals surface area contributed by atoms with Crippen LogP contribution in [0.1, 0.15) is 66.7 Å². The number of phenolic OH excluding ortho intramolecular Hbond substituents is 1. The van der Waals surface area contributed by atoms with Crippen LogP contribution in [0, 0.1) is 29.6 Å². The largest absolute Gasteiger partial charge is 0.508 e. The molecule has 4 aliphatic heterocycles. The van der Waals surface area contributed by atoms with Crippen LogP contribution in [0.2, 0.25) is 0 Å². The van der Waals surface area contributed by atoms with Crippen LogP contribution in [-0.4, -0.2) is 86.6 Å². The van der Waals surface area contributed by atoms with Gasteiger partial charge >= 0.3 is 0 Å². The van der Waals surface area contributed by atoms with Gasteiger partial charge in [-0.1, -0.05) is 109 Å². The first-order valence-corrected chi connectivity index (χ1v) is 22.3. The third-order valence-corrected chi connectivity index (χ3v) is 14.6. The molecule has 0 radical (unpaired) electrons. The highest BCUT2D eigenvalue weighted by Gasteiger charge is 2.63. The number of rotatable bonds is 10. The number of carbonyl (C=O) groups is 4. The molecular formula is C51H54N4O6. The van der Waals surface area contributed by atoms with Crippen LogP contribution in [0.25, 0.3) is 0 Å². The van der Waals surface area contributed by atoms with E-state index < -0.39 is 35.5 Å². The van der Waals surface area contributed by atoms with Crippen LogP contribution in [0.3, 0.4) is 0 Å². The summed E-state index contributed by atoms with van der Waals surface area (Å²) in [7, 11) is 0. The summed E-state index contributed by atoms with van der Waals surface area (Å²) < 4.78 is 6.08. The maximum atomic E-state index is 14.9. The minimum Gasteiger partial charge on any atom is -0.508 e. The summed E-state index contributed by atoms with van der Waals surface area (Å²) >= 11 is 0. The quantitative estimate of drug-likeness (QED) is 0.136. The van der Waals surface area contributed by atoms with E-state index >= 15 is 0 Å². The smallest absolute Gasteiger partial charge is 0.234 e. The Kier molecular flexibility index (Phi) is 10.8. The van der Waals surface area contributed by atoms with Gasteiger partial charge in [0.1, 0.15) is 18.1 Å². The van der Waals surface area contributed by atoms with Crippen LogP contribution < -0.4 is 4.74 Å². The normalized spacial score (nSPS) is 27.5. The Morgan fingerprint density at radius 1 is 0.557 bits per heavy atom. The summed E-state index contributed by atoms with van der Waals surface area (Å²) in [5, 5.41) is 11.8. The molecule has 6 atom stereocenters. The minimum absolute atomic E-state index is 0.0105. The highest BCUT2D eigenvalue weighted by atomic mass is 16.5. The Morgan fingerprint density at radius 3 is 1.61 bits per heavy atom. The van der Waals surface area contributed by atoms with Crippen molar-refractivity contribution < 1.29 is 29.0 Å². The van der Waals surface area contributed by atoms with Gasteiger partial charge in [0.15, 0.2) is 0 Å². The highest BCUT2D eigenvalue weighted by Crippen LogP contribution is 2.59. The van der Waals surface area contributed by atoms with Crippen molar-refractivity contribution in [2.75, 3.05) is 26.2 Å². The summed E-state index contributed by atoms with van der Waals surface area (Å²) in [4.78, 5) is 66.7. The van der Waals surface area contributed by atoms with Crippen molar-refractivity contribution in [1.29, 1.82) is 0 Å². The first-order valence-electron chi connectivity index (χ1n) is 22.3. The van der Waals surface area contributed by atoms with Gasteiger partial charge in [-0.2, -0.15) is 0 Å². The average molecular weight is 819 g/mol. The molecule has 5 fully saturated rings. The van der Waals surface area contributed by atoms with Crippen LogP contribution in [0.5, 0.6) is 11.5 Å².